The lowest BCUT2D eigenvalue weighted by molar-refractivity contribution is -0.128. The SMILES string of the molecule is Cc1ccc(NC(=O)C2CCC(C(=O)NCc3ccccc3Cl)CC2)cc1. The van der Waals surface area contributed by atoms with Gasteiger partial charge in [-0.3, -0.25) is 9.59 Å². The molecule has 0 spiro atoms. The number of hydrogen-bond donors (Lipinski definition) is 2. The Morgan fingerprint density at radius 3 is 2.15 bits per heavy atom. The van der Waals surface area contributed by atoms with Gasteiger partial charge in [0.05, 0.1) is 0 Å². The van der Waals surface area contributed by atoms with Gasteiger partial charge in [0.1, 0.15) is 0 Å². The number of halogens is 1. The molecule has 0 heterocycles. The van der Waals surface area contributed by atoms with Crippen LogP contribution in [0.1, 0.15) is 36.8 Å². The third-order valence-corrected chi connectivity index (χ3v) is 5.57. The van der Waals surface area contributed by atoms with Crippen molar-refractivity contribution in [2.24, 2.45) is 11.8 Å². The van der Waals surface area contributed by atoms with Crippen molar-refractivity contribution in [3.8, 4) is 0 Å². The zero-order valence-corrected chi connectivity index (χ0v) is 16.3. The van der Waals surface area contributed by atoms with E-state index in [0.29, 0.717) is 11.6 Å². The topological polar surface area (TPSA) is 58.2 Å². The molecule has 2 N–H and O–H groups in total. The molecule has 1 saturated carbocycles. The fourth-order valence-electron chi connectivity index (χ4n) is 3.47. The Kier molecular flexibility index (Phi) is 6.51. The van der Waals surface area contributed by atoms with Crippen molar-refractivity contribution in [1.29, 1.82) is 0 Å². The molecule has 142 valence electrons. The Hall–Kier alpha value is -2.33. The summed E-state index contributed by atoms with van der Waals surface area (Å²) in [5.74, 6) is 0.0379. The fourth-order valence-corrected chi connectivity index (χ4v) is 3.67. The van der Waals surface area contributed by atoms with E-state index in [2.05, 4.69) is 10.6 Å². The van der Waals surface area contributed by atoms with Crippen molar-refractivity contribution in [2.75, 3.05) is 5.32 Å². The van der Waals surface area contributed by atoms with Gasteiger partial charge in [0.25, 0.3) is 0 Å². The molecule has 5 heteroatoms. The minimum absolute atomic E-state index is 0.0288. The molecule has 1 aliphatic carbocycles. The first-order valence-corrected chi connectivity index (χ1v) is 9.79. The summed E-state index contributed by atoms with van der Waals surface area (Å²) in [5.41, 5.74) is 2.90. The minimum Gasteiger partial charge on any atom is -0.352 e. The largest absolute Gasteiger partial charge is 0.352 e. The maximum atomic E-state index is 12.5. The number of carbonyl (C=O) groups is 2. The van der Waals surface area contributed by atoms with Gasteiger partial charge in [-0.05, 0) is 56.4 Å². The van der Waals surface area contributed by atoms with E-state index in [4.69, 9.17) is 11.6 Å². The van der Waals surface area contributed by atoms with Gasteiger partial charge >= 0.3 is 0 Å². The van der Waals surface area contributed by atoms with E-state index >= 15 is 0 Å². The Morgan fingerprint density at radius 1 is 0.926 bits per heavy atom. The highest BCUT2D eigenvalue weighted by Gasteiger charge is 2.29. The van der Waals surface area contributed by atoms with Crippen LogP contribution in [0, 0.1) is 18.8 Å². The maximum absolute atomic E-state index is 12.5. The molecular weight excluding hydrogens is 360 g/mol. The molecule has 4 nitrogen and oxygen atoms in total. The molecule has 3 rings (SSSR count). The predicted octanol–water partition coefficient (Wildman–Crippen LogP) is 4.71. The summed E-state index contributed by atoms with van der Waals surface area (Å²) in [4.78, 5) is 24.9. The van der Waals surface area contributed by atoms with Gasteiger partial charge in [0.2, 0.25) is 11.8 Å². The van der Waals surface area contributed by atoms with Crippen molar-refractivity contribution >= 4 is 29.1 Å². The lowest BCUT2D eigenvalue weighted by Gasteiger charge is -2.27. The van der Waals surface area contributed by atoms with E-state index in [-0.39, 0.29) is 23.7 Å². The second-order valence-corrected chi connectivity index (χ2v) is 7.62. The van der Waals surface area contributed by atoms with E-state index in [1.165, 1.54) is 0 Å². The number of anilines is 1. The van der Waals surface area contributed by atoms with Crippen LogP contribution in [0.25, 0.3) is 0 Å². The average molecular weight is 385 g/mol. The Bertz CT molecular complexity index is 796. The van der Waals surface area contributed by atoms with Crippen molar-refractivity contribution in [2.45, 2.75) is 39.2 Å². The third kappa shape index (κ3) is 5.33. The van der Waals surface area contributed by atoms with Gasteiger partial charge in [0, 0.05) is 29.1 Å². The number of amides is 2. The molecule has 27 heavy (non-hydrogen) atoms. The molecule has 2 amide bonds. The molecule has 2 aromatic carbocycles. The van der Waals surface area contributed by atoms with Gasteiger partial charge in [0.15, 0.2) is 0 Å². The number of aryl methyl sites for hydroxylation is 1. The molecule has 0 bridgehead atoms. The molecule has 0 unspecified atom stereocenters. The zero-order valence-electron chi connectivity index (χ0n) is 15.5. The van der Waals surface area contributed by atoms with Crippen LogP contribution in [-0.2, 0) is 16.1 Å². The van der Waals surface area contributed by atoms with Gasteiger partial charge < -0.3 is 10.6 Å². The highest BCUT2D eigenvalue weighted by Crippen LogP contribution is 2.30. The molecule has 0 aliphatic heterocycles. The van der Waals surface area contributed by atoms with E-state index in [0.717, 1.165) is 42.5 Å². The quantitative estimate of drug-likeness (QED) is 0.784. The lowest BCUT2D eigenvalue weighted by Crippen LogP contribution is -2.35. The van der Waals surface area contributed by atoms with Crippen molar-refractivity contribution < 1.29 is 9.59 Å². The average Bonchev–Trinajstić information content (AvgIpc) is 2.69. The molecule has 1 aliphatic rings. The number of benzene rings is 2. The van der Waals surface area contributed by atoms with Crippen LogP contribution >= 0.6 is 11.6 Å². The molecule has 0 radical (unpaired) electrons. The first-order valence-electron chi connectivity index (χ1n) is 9.41. The normalized spacial score (nSPS) is 19.3. The fraction of sp³-hybridized carbons (Fsp3) is 0.364. The van der Waals surface area contributed by atoms with E-state index < -0.39 is 0 Å². The smallest absolute Gasteiger partial charge is 0.227 e. The monoisotopic (exact) mass is 384 g/mol. The maximum Gasteiger partial charge on any atom is 0.227 e. The molecule has 0 saturated heterocycles. The molecular formula is C22H25ClN2O2. The predicted molar refractivity (Wildman–Crippen MR) is 109 cm³/mol. The van der Waals surface area contributed by atoms with Gasteiger partial charge in [-0.2, -0.15) is 0 Å². The van der Waals surface area contributed by atoms with Crippen molar-refractivity contribution in [3.05, 3.63) is 64.7 Å². The number of rotatable bonds is 5. The second kappa shape index (κ2) is 9.05. The number of nitrogens with one attached hydrogen (secondary N) is 2. The summed E-state index contributed by atoms with van der Waals surface area (Å²) in [5, 5.41) is 6.62. The molecule has 0 atom stereocenters. The summed E-state index contributed by atoms with van der Waals surface area (Å²) in [6.07, 6.45) is 2.95. The third-order valence-electron chi connectivity index (χ3n) is 5.20. The molecule has 1 fully saturated rings. The van der Waals surface area contributed by atoms with Crippen LogP contribution in [-0.4, -0.2) is 11.8 Å². The Morgan fingerprint density at radius 2 is 1.52 bits per heavy atom. The second-order valence-electron chi connectivity index (χ2n) is 7.21. The molecule has 2 aromatic rings. The Balaban J connectivity index is 1.45. The summed E-state index contributed by atoms with van der Waals surface area (Å²) in [7, 11) is 0. The number of carbonyl (C=O) groups excluding carboxylic acids is 2. The van der Waals surface area contributed by atoms with Crippen LogP contribution in [0.5, 0.6) is 0 Å². The highest BCUT2D eigenvalue weighted by atomic mass is 35.5. The van der Waals surface area contributed by atoms with Crippen LogP contribution < -0.4 is 10.6 Å². The zero-order chi connectivity index (χ0) is 19.2. The summed E-state index contributed by atoms with van der Waals surface area (Å²) in [6.45, 7) is 2.45. The Labute approximate surface area is 165 Å². The van der Waals surface area contributed by atoms with Crippen molar-refractivity contribution in [1.82, 2.24) is 5.32 Å². The van der Waals surface area contributed by atoms with Gasteiger partial charge in [-0.1, -0.05) is 47.5 Å². The summed E-state index contributed by atoms with van der Waals surface area (Å²) >= 11 is 6.13. The van der Waals surface area contributed by atoms with Crippen LogP contribution in [0.3, 0.4) is 0 Å². The summed E-state index contributed by atoms with van der Waals surface area (Å²) in [6, 6.07) is 15.3. The molecule has 0 aromatic heterocycles. The van der Waals surface area contributed by atoms with Gasteiger partial charge in [-0.25, -0.2) is 0 Å². The van der Waals surface area contributed by atoms with Gasteiger partial charge in [-0.15, -0.1) is 0 Å². The van der Waals surface area contributed by atoms with Crippen LogP contribution in [0.15, 0.2) is 48.5 Å². The number of hydrogen-bond acceptors (Lipinski definition) is 2. The van der Waals surface area contributed by atoms with Crippen molar-refractivity contribution in [3.63, 3.8) is 0 Å². The van der Waals surface area contributed by atoms with Crippen LogP contribution in [0.2, 0.25) is 5.02 Å². The van der Waals surface area contributed by atoms with E-state index in [1.54, 1.807) is 0 Å². The standard InChI is InChI=1S/C22H25ClN2O2/c1-15-6-12-19(13-7-15)25-22(27)17-10-8-16(9-11-17)21(26)24-14-18-4-2-3-5-20(18)23/h2-7,12-13,16-17H,8-11,14H2,1H3,(H,24,26)(H,25,27). The van der Waals surface area contributed by atoms with E-state index in [9.17, 15) is 9.59 Å². The van der Waals surface area contributed by atoms with Crippen LogP contribution in [0.4, 0.5) is 5.69 Å². The van der Waals surface area contributed by atoms with E-state index in [1.807, 2.05) is 55.5 Å². The first-order chi connectivity index (χ1) is 13.0. The lowest BCUT2D eigenvalue weighted by atomic mass is 9.81. The highest BCUT2D eigenvalue weighted by molar-refractivity contribution is 6.31. The summed E-state index contributed by atoms with van der Waals surface area (Å²) < 4.78 is 0. The minimum atomic E-state index is -0.0316. The first kappa shape index (κ1) is 19.4.